The van der Waals surface area contributed by atoms with E-state index in [4.69, 9.17) is 5.73 Å². The molecule has 0 atom stereocenters. The van der Waals surface area contributed by atoms with Gasteiger partial charge < -0.3 is 5.73 Å². The Bertz CT molecular complexity index is 227. The van der Waals surface area contributed by atoms with Crippen molar-refractivity contribution >= 4 is 22.0 Å². The fraction of sp³-hybridized carbons (Fsp3) is 0.167. The molecule has 0 spiro atoms. The highest BCUT2D eigenvalue weighted by molar-refractivity contribution is 7.13. The molecule has 3 heteroatoms. The highest BCUT2D eigenvalue weighted by Crippen LogP contribution is 2.16. The van der Waals surface area contributed by atoms with Crippen LogP contribution in [0.2, 0.25) is 0 Å². The summed E-state index contributed by atoms with van der Waals surface area (Å²) in [6.07, 6.45) is 0. The highest BCUT2D eigenvalue weighted by atomic mass is 32.1. The number of rotatable bonds is 1. The van der Waals surface area contributed by atoms with E-state index in [1.54, 1.807) is 0 Å². The van der Waals surface area contributed by atoms with Crippen molar-refractivity contribution in [1.29, 1.82) is 0 Å². The summed E-state index contributed by atoms with van der Waals surface area (Å²) in [6, 6.07) is 0. The summed E-state index contributed by atoms with van der Waals surface area (Å²) in [5, 5.41) is 2.51. The number of hydrogen-bond acceptors (Lipinski definition) is 3. The molecule has 0 saturated heterocycles. The summed E-state index contributed by atoms with van der Waals surface area (Å²) >= 11 is 1.44. The van der Waals surface area contributed by atoms with E-state index >= 15 is 0 Å². The van der Waals surface area contributed by atoms with Gasteiger partial charge in [0.1, 0.15) is 0 Å². The Hall–Kier alpha value is -0.830. The van der Waals surface area contributed by atoms with Crippen molar-refractivity contribution in [3.8, 4) is 0 Å². The number of thiazole rings is 1. The van der Waals surface area contributed by atoms with Gasteiger partial charge >= 0.3 is 0 Å². The molecule has 1 rings (SSSR count). The van der Waals surface area contributed by atoms with E-state index in [1.165, 1.54) is 11.3 Å². The van der Waals surface area contributed by atoms with Crippen LogP contribution in [0.1, 0.15) is 12.6 Å². The van der Waals surface area contributed by atoms with E-state index in [-0.39, 0.29) is 0 Å². The molecule has 2 nitrogen and oxygen atoms in total. The zero-order chi connectivity index (χ0) is 6.85. The Morgan fingerprint density at radius 2 is 2.56 bits per heavy atom. The minimum absolute atomic E-state index is 0.605. The maximum absolute atomic E-state index is 5.38. The first-order valence-corrected chi connectivity index (χ1v) is 3.45. The summed E-state index contributed by atoms with van der Waals surface area (Å²) in [5.74, 6) is 0. The molecule has 0 aromatic carbocycles. The van der Waals surface area contributed by atoms with Crippen molar-refractivity contribution in [3.63, 3.8) is 0 Å². The first-order chi connectivity index (χ1) is 4.20. The summed E-state index contributed by atoms with van der Waals surface area (Å²) in [5.41, 5.74) is 7.24. The molecule has 0 aliphatic heterocycles. The van der Waals surface area contributed by atoms with Gasteiger partial charge in [-0.1, -0.05) is 6.58 Å². The molecule has 0 aliphatic carbocycles. The van der Waals surface area contributed by atoms with Crippen LogP contribution in [0.15, 0.2) is 12.0 Å². The van der Waals surface area contributed by atoms with Gasteiger partial charge in [0.15, 0.2) is 5.13 Å². The van der Waals surface area contributed by atoms with Crippen LogP contribution < -0.4 is 5.73 Å². The second-order valence-corrected chi connectivity index (χ2v) is 2.74. The fourth-order valence-corrected chi connectivity index (χ4v) is 1.12. The third-order valence-corrected chi connectivity index (χ3v) is 1.63. The van der Waals surface area contributed by atoms with Crippen molar-refractivity contribution in [2.45, 2.75) is 6.92 Å². The third-order valence-electron chi connectivity index (χ3n) is 0.959. The Labute approximate surface area is 58.0 Å². The Morgan fingerprint density at radius 3 is 2.78 bits per heavy atom. The SMILES string of the molecule is C=C(C)c1csc(N)n1. The number of nitrogens with zero attached hydrogens (tertiary/aromatic N) is 1. The topological polar surface area (TPSA) is 38.9 Å². The van der Waals surface area contributed by atoms with Crippen LogP contribution in [0, 0.1) is 0 Å². The van der Waals surface area contributed by atoms with Crippen LogP contribution in [0.4, 0.5) is 5.13 Å². The van der Waals surface area contributed by atoms with Crippen molar-refractivity contribution in [3.05, 3.63) is 17.7 Å². The molecule has 1 aromatic rings. The van der Waals surface area contributed by atoms with Gasteiger partial charge in [-0.25, -0.2) is 4.98 Å². The van der Waals surface area contributed by atoms with E-state index in [2.05, 4.69) is 11.6 Å². The lowest BCUT2D eigenvalue weighted by Crippen LogP contribution is -1.82. The molecular formula is C6H8N2S. The summed E-state index contributed by atoms with van der Waals surface area (Å²) < 4.78 is 0. The van der Waals surface area contributed by atoms with Crippen molar-refractivity contribution < 1.29 is 0 Å². The third kappa shape index (κ3) is 1.29. The van der Waals surface area contributed by atoms with Crippen LogP contribution in [0.5, 0.6) is 0 Å². The Morgan fingerprint density at radius 1 is 1.89 bits per heavy atom. The second-order valence-electron chi connectivity index (χ2n) is 1.85. The van der Waals surface area contributed by atoms with Crippen LogP contribution in [-0.4, -0.2) is 4.98 Å². The summed E-state index contributed by atoms with van der Waals surface area (Å²) in [6.45, 7) is 5.64. The number of nitrogen functional groups attached to an aromatic ring is 1. The van der Waals surface area contributed by atoms with Gasteiger partial charge in [-0.15, -0.1) is 11.3 Å². The van der Waals surface area contributed by atoms with Gasteiger partial charge in [0.2, 0.25) is 0 Å². The lowest BCUT2D eigenvalue weighted by atomic mass is 10.3. The number of aromatic nitrogens is 1. The van der Waals surface area contributed by atoms with Crippen molar-refractivity contribution in [1.82, 2.24) is 4.98 Å². The van der Waals surface area contributed by atoms with E-state index in [0.29, 0.717) is 5.13 Å². The monoisotopic (exact) mass is 140 g/mol. The Kier molecular flexibility index (Phi) is 1.53. The maximum Gasteiger partial charge on any atom is 0.180 e. The van der Waals surface area contributed by atoms with E-state index < -0.39 is 0 Å². The molecule has 0 saturated carbocycles. The number of hydrogen-bond donors (Lipinski definition) is 1. The van der Waals surface area contributed by atoms with Crippen LogP contribution in [-0.2, 0) is 0 Å². The fourth-order valence-electron chi connectivity index (χ4n) is 0.484. The first kappa shape index (κ1) is 6.29. The van der Waals surface area contributed by atoms with Gasteiger partial charge in [-0.2, -0.15) is 0 Å². The van der Waals surface area contributed by atoms with Crippen LogP contribution in [0.25, 0.3) is 5.57 Å². The lowest BCUT2D eigenvalue weighted by molar-refractivity contribution is 1.35. The van der Waals surface area contributed by atoms with E-state index in [0.717, 1.165) is 11.3 Å². The van der Waals surface area contributed by atoms with E-state index in [9.17, 15) is 0 Å². The quantitative estimate of drug-likeness (QED) is 0.645. The molecule has 1 aromatic heterocycles. The smallest absolute Gasteiger partial charge is 0.180 e. The van der Waals surface area contributed by atoms with Crippen molar-refractivity contribution in [2.24, 2.45) is 0 Å². The predicted molar refractivity (Wildman–Crippen MR) is 41.2 cm³/mol. The normalized spacial score (nSPS) is 9.44. The predicted octanol–water partition coefficient (Wildman–Crippen LogP) is 1.76. The van der Waals surface area contributed by atoms with Crippen molar-refractivity contribution in [2.75, 3.05) is 5.73 Å². The summed E-state index contributed by atoms with van der Waals surface area (Å²) in [7, 11) is 0. The average molecular weight is 140 g/mol. The van der Waals surface area contributed by atoms with Gasteiger partial charge in [0, 0.05) is 5.38 Å². The Balaban J connectivity index is 2.98. The molecule has 0 bridgehead atoms. The highest BCUT2D eigenvalue weighted by Gasteiger charge is 1.96. The number of allylic oxidation sites excluding steroid dienone is 1. The standard InChI is InChI=1S/C6H8N2S/c1-4(2)5-3-9-6(7)8-5/h3H,1H2,2H3,(H2,7,8). The summed E-state index contributed by atoms with van der Waals surface area (Å²) in [4.78, 5) is 4.01. The minimum Gasteiger partial charge on any atom is -0.375 e. The van der Waals surface area contributed by atoms with Crippen LogP contribution in [0.3, 0.4) is 0 Å². The van der Waals surface area contributed by atoms with Gasteiger partial charge in [-0.05, 0) is 12.5 Å². The molecule has 0 radical (unpaired) electrons. The molecule has 0 fully saturated rings. The van der Waals surface area contributed by atoms with Gasteiger partial charge in [-0.3, -0.25) is 0 Å². The molecule has 48 valence electrons. The van der Waals surface area contributed by atoms with Crippen LogP contribution >= 0.6 is 11.3 Å². The second kappa shape index (κ2) is 2.19. The average Bonchev–Trinajstić information content (AvgIpc) is 2.14. The number of anilines is 1. The molecule has 2 N–H and O–H groups in total. The zero-order valence-electron chi connectivity index (χ0n) is 5.22. The molecule has 0 amide bonds. The molecule has 1 heterocycles. The lowest BCUT2D eigenvalue weighted by Gasteiger charge is -1.86. The molecule has 9 heavy (non-hydrogen) atoms. The first-order valence-electron chi connectivity index (χ1n) is 2.57. The number of nitrogens with two attached hydrogens (primary N) is 1. The van der Waals surface area contributed by atoms with Gasteiger partial charge in [0.05, 0.1) is 5.69 Å². The maximum atomic E-state index is 5.38. The van der Waals surface area contributed by atoms with Gasteiger partial charge in [0.25, 0.3) is 0 Å². The zero-order valence-corrected chi connectivity index (χ0v) is 6.03. The molecular weight excluding hydrogens is 132 g/mol. The molecule has 0 aliphatic rings. The molecule has 0 unspecified atom stereocenters. The van der Waals surface area contributed by atoms with E-state index in [1.807, 2.05) is 12.3 Å². The minimum atomic E-state index is 0.605. The largest absolute Gasteiger partial charge is 0.375 e.